The van der Waals surface area contributed by atoms with E-state index in [4.69, 9.17) is 4.74 Å². The number of ether oxygens (including phenoxy) is 1. The van der Waals surface area contributed by atoms with E-state index in [0.717, 1.165) is 25.9 Å². The highest BCUT2D eigenvalue weighted by molar-refractivity contribution is 7.80. The smallest absolute Gasteiger partial charge is 0.306 e. The summed E-state index contributed by atoms with van der Waals surface area (Å²) in [5, 5.41) is 0. The zero-order chi connectivity index (χ0) is 9.68. The summed E-state index contributed by atoms with van der Waals surface area (Å²) in [5.74, 6) is 0.468. The summed E-state index contributed by atoms with van der Waals surface area (Å²) in [4.78, 5) is 13.4. The molecule has 13 heavy (non-hydrogen) atoms. The number of carbonyl (C=O) groups is 1. The maximum atomic E-state index is 11.1. The lowest BCUT2D eigenvalue weighted by Crippen LogP contribution is -2.35. The second-order valence-corrected chi connectivity index (χ2v) is 3.91. The van der Waals surface area contributed by atoms with Gasteiger partial charge in [0.25, 0.3) is 0 Å². The van der Waals surface area contributed by atoms with Gasteiger partial charge in [0.05, 0.1) is 6.42 Å². The van der Waals surface area contributed by atoms with Crippen LogP contribution in [0.1, 0.15) is 19.3 Å². The van der Waals surface area contributed by atoms with Crippen molar-refractivity contribution < 1.29 is 9.53 Å². The second-order valence-electron chi connectivity index (χ2n) is 3.47. The fourth-order valence-corrected chi connectivity index (χ4v) is 1.62. The molecular weight excluding hydrogens is 186 g/mol. The van der Waals surface area contributed by atoms with E-state index in [-0.39, 0.29) is 12.1 Å². The van der Waals surface area contributed by atoms with Gasteiger partial charge in [-0.25, -0.2) is 0 Å². The average Bonchev–Trinajstić information content (AvgIpc) is 2.09. The molecule has 1 saturated heterocycles. The summed E-state index contributed by atoms with van der Waals surface area (Å²) in [6.45, 7) is 2.05. The van der Waals surface area contributed by atoms with Crippen molar-refractivity contribution in [2.24, 2.45) is 0 Å². The largest absolute Gasteiger partial charge is 0.462 e. The number of piperidine rings is 1. The van der Waals surface area contributed by atoms with E-state index in [9.17, 15) is 4.79 Å². The number of likely N-dealkylation sites (tertiary alicyclic amines) is 1. The van der Waals surface area contributed by atoms with Crippen LogP contribution in [0.5, 0.6) is 0 Å². The second kappa shape index (κ2) is 5.50. The van der Waals surface area contributed by atoms with Crippen molar-refractivity contribution in [2.75, 3.05) is 25.9 Å². The van der Waals surface area contributed by atoms with Crippen LogP contribution in [0.2, 0.25) is 0 Å². The number of rotatable bonds is 3. The van der Waals surface area contributed by atoms with Gasteiger partial charge in [-0.05, 0) is 19.9 Å². The van der Waals surface area contributed by atoms with Crippen LogP contribution in [0.25, 0.3) is 0 Å². The van der Waals surface area contributed by atoms with Crippen LogP contribution in [-0.4, -0.2) is 42.9 Å². The molecule has 0 saturated carbocycles. The standard InChI is InChI=1S/C9H17NO2S/c1-10-5-2-8(3-6-10)12-9(11)4-7-13/h8,13H,2-7H2,1H3. The zero-order valence-corrected chi connectivity index (χ0v) is 8.93. The highest BCUT2D eigenvalue weighted by Crippen LogP contribution is 2.12. The van der Waals surface area contributed by atoms with Gasteiger partial charge in [0, 0.05) is 18.8 Å². The van der Waals surface area contributed by atoms with Gasteiger partial charge < -0.3 is 9.64 Å². The quantitative estimate of drug-likeness (QED) is 0.547. The summed E-state index contributed by atoms with van der Waals surface area (Å²) in [7, 11) is 2.09. The molecule has 0 amide bonds. The predicted molar refractivity (Wildman–Crippen MR) is 55.1 cm³/mol. The Morgan fingerprint density at radius 1 is 1.54 bits per heavy atom. The summed E-state index contributed by atoms with van der Waals surface area (Å²) >= 11 is 3.98. The Morgan fingerprint density at radius 3 is 2.69 bits per heavy atom. The van der Waals surface area contributed by atoms with E-state index >= 15 is 0 Å². The average molecular weight is 203 g/mol. The number of thiol groups is 1. The molecule has 0 aromatic heterocycles. The number of hydrogen-bond acceptors (Lipinski definition) is 4. The third-order valence-electron chi connectivity index (χ3n) is 2.28. The number of carbonyl (C=O) groups excluding carboxylic acids is 1. The van der Waals surface area contributed by atoms with Gasteiger partial charge >= 0.3 is 5.97 Å². The summed E-state index contributed by atoms with van der Waals surface area (Å²) in [6, 6.07) is 0. The van der Waals surface area contributed by atoms with Crippen LogP contribution in [0.3, 0.4) is 0 Å². The van der Waals surface area contributed by atoms with Crippen molar-refractivity contribution >= 4 is 18.6 Å². The van der Waals surface area contributed by atoms with E-state index < -0.39 is 0 Å². The Balaban J connectivity index is 2.18. The first-order valence-electron chi connectivity index (χ1n) is 4.71. The molecule has 76 valence electrons. The van der Waals surface area contributed by atoms with Crippen LogP contribution in [0, 0.1) is 0 Å². The maximum Gasteiger partial charge on any atom is 0.306 e. The summed E-state index contributed by atoms with van der Waals surface area (Å²) < 4.78 is 5.27. The molecule has 4 heteroatoms. The monoisotopic (exact) mass is 203 g/mol. The normalized spacial score (nSPS) is 20.2. The summed E-state index contributed by atoms with van der Waals surface area (Å²) in [5.41, 5.74) is 0. The van der Waals surface area contributed by atoms with Crippen LogP contribution < -0.4 is 0 Å². The SMILES string of the molecule is CN1CCC(OC(=O)CCS)CC1. The molecule has 0 spiro atoms. The molecule has 1 fully saturated rings. The lowest BCUT2D eigenvalue weighted by molar-refractivity contribution is -0.150. The molecule has 0 aliphatic carbocycles. The third-order valence-corrected chi connectivity index (χ3v) is 2.50. The topological polar surface area (TPSA) is 29.5 Å². The van der Waals surface area contributed by atoms with Gasteiger partial charge in [0.15, 0.2) is 0 Å². The highest BCUT2D eigenvalue weighted by atomic mass is 32.1. The van der Waals surface area contributed by atoms with Crippen molar-refractivity contribution in [2.45, 2.75) is 25.4 Å². The molecule has 0 aromatic carbocycles. The fraction of sp³-hybridized carbons (Fsp3) is 0.889. The van der Waals surface area contributed by atoms with Gasteiger partial charge in [-0.2, -0.15) is 12.6 Å². The van der Waals surface area contributed by atoms with Gasteiger partial charge in [-0.15, -0.1) is 0 Å². The Morgan fingerprint density at radius 2 is 2.15 bits per heavy atom. The highest BCUT2D eigenvalue weighted by Gasteiger charge is 2.19. The first kappa shape index (κ1) is 10.9. The Hall–Kier alpha value is -0.220. The molecule has 0 unspecified atom stereocenters. The Bertz CT molecular complexity index is 167. The van der Waals surface area contributed by atoms with Gasteiger partial charge in [0.2, 0.25) is 0 Å². The molecule has 0 bridgehead atoms. The predicted octanol–water partition coefficient (Wildman–Crippen LogP) is 0.944. The van der Waals surface area contributed by atoms with E-state index in [0.29, 0.717) is 12.2 Å². The van der Waals surface area contributed by atoms with Crippen molar-refractivity contribution in [3.05, 3.63) is 0 Å². The minimum Gasteiger partial charge on any atom is -0.462 e. The number of hydrogen-bond donors (Lipinski definition) is 1. The minimum atomic E-state index is -0.107. The lowest BCUT2D eigenvalue weighted by Gasteiger charge is -2.28. The first-order valence-corrected chi connectivity index (χ1v) is 5.34. The Labute approximate surface area is 84.8 Å². The first-order chi connectivity index (χ1) is 6.22. The van der Waals surface area contributed by atoms with Gasteiger partial charge in [0.1, 0.15) is 6.10 Å². The van der Waals surface area contributed by atoms with Gasteiger partial charge in [-0.3, -0.25) is 4.79 Å². The maximum absolute atomic E-state index is 11.1. The summed E-state index contributed by atoms with van der Waals surface area (Å²) in [6.07, 6.45) is 2.50. The van der Waals surface area contributed by atoms with Crippen LogP contribution in [0.15, 0.2) is 0 Å². The number of nitrogens with zero attached hydrogens (tertiary/aromatic N) is 1. The molecule has 0 atom stereocenters. The fourth-order valence-electron chi connectivity index (χ4n) is 1.44. The minimum absolute atomic E-state index is 0.107. The van der Waals surface area contributed by atoms with Crippen molar-refractivity contribution in [1.29, 1.82) is 0 Å². The molecule has 1 aliphatic rings. The zero-order valence-electron chi connectivity index (χ0n) is 8.03. The van der Waals surface area contributed by atoms with E-state index in [1.165, 1.54) is 0 Å². The third kappa shape index (κ3) is 4.00. The molecule has 1 aliphatic heterocycles. The van der Waals surface area contributed by atoms with Crippen molar-refractivity contribution in [3.8, 4) is 0 Å². The molecule has 0 N–H and O–H groups in total. The number of esters is 1. The molecular formula is C9H17NO2S. The Kier molecular flexibility index (Phi) is 4.59. The van der Waals surface area contributed by atoms with Crippen LogP contribution in [0.4, 0.5) is 0 Å². The molecule has 3 nitrogen and oxygen atoms in total. The lowest BCUT2D eigenvalue weighted by atomic mass is 10.1. The van der Waals surface area contributed by atoms with E-state index in [2.05, 4.69) is 24.6 Å². The molecule has 0 aromatic rings. The van der Waals surface area contributed by atoms with Gasteiger partial charge in [-0.1, -0.05) is 0 Å². The molecule has 0 radical (unpaired) electrons. The van der Waals surface area contributed by atoms with Crippen molar-refractivity contribution in [3.63, 3.8) is 0 Å². The molecule has 1 heterocycles. The van der Waals surface area contributed by atoms with E-state index in [1.807, 2.05) is 0 Å². The van der Waals surface area contributed by atoms with Crippen LogP contribution >= 0.6 is 12.6 Å². The van der Waals surface area contributed by atoms with Crippen molar-refractivity contribution in [1.82, 2.24) is 4.90 Å². The van der Waals surface area contributed by atoms with E-state index in [1.54, 1.807) is 0 Å². The van der Waals surface area contributed by atoms with Crippen LogP contribution in [-0.2, 0) is 9.53 Å². The molecule has 1 rings (SSSR count).